The smallest absolute Gasteiger partial charge is 0.0688 e. The van der Waals surface area contributed by atoms with Gasteiger partial charge in [-0.05, 0) is 291 Å². The second-order valence-electron chi connectivity index (χ2n) is 23.9. The second kappa shape index (κ2) is 22.4. The molecule has 13 rings (SSSR count). The first-order valence-electron chi connectivity index (χ1n) is 30.0. The Morgan fingerprint density at radius 3 is 0.826 bits per heavy atom. The maximum Gasteiger partial charge on any atom is 0.0688 e. The summed E-state index contributed by atoms with van der Waals surface area (Å²) in [5, 5.41) is 0. The highest BCUT2D eigenvalue weighted by atomic mass is 15.2. The molecule has 0 aromatic heterocycles. The van der Waals surface area contributed by atoms with Gasteiger partial charge in [-0.1, -0.05) is 128 Å². The Kier molecular flexibility index (Phi) is 14.4. The van der Waals surface area contributed by atoms with Gasteiger partial charge in [-0.3, -0.25) is 0 Å². The van der Waals surface area contributed by atoms with Crippen molar-refractivity contribution in [2.24, 2.45) is 0 Å². The molecule has 2 aliphatic carbocycles. The number of benzene rings is 11. The van der Waals surface area contributed by atoms with Gasteiger partial charge in [0, 0.05) is 68.3 Å². The van der Waals surface area contributed by atoms with Gasteiger partial charge in [-0.15, -0.1) is 0 Å². The Morgan fingerprint density at radius 1 is 0.291 bits per heavy atom. The van der Waals surface area contributed by atoms with E-state index in [1.165, 1.54) is 83.5 Å². The van der Waals surface area contributed by atoms with E-state index in [-0.39, 0.29) is 0 Å². The summed E-state index contributed by atoms with van der Waals surface area (Å²) in [5.74, 6) is 0. The second-order valence-corrected chi connectivity index (χ2v) is 23.9. The summed E-state index contributed by atoms with van der Waals surface area (Å²) in [4.78, 5) is 9.62. The Bertz CT molecular complexity index is 4210. The molecule has 4 heteroatoms. The predicted octanol–water partition coefficient (Wildman–Crippen LogP) is 22.6. The molecule has 86 heavy (non-hydrogen) atoms. The average molecular weight is 1110 g/mol. The highest BCUT2D eigenvalue weighted by Crippen LogP contribution is 2.64. The first-order valence-corrected chi connectivity index (χ1v) is 30.0. The zero-order chi connectivity index (χ0) is 59.4. The maximum absolute atomic E-state index is 4.89. The number of aryl methyl sites for hydroxylation is 8. The van der Waals surface area contributed by atoms with Crippen LogP contribution in [0, 0.1) is 55.4 Å². The van der Waals surface area contributed by atoms with E-state index < -0.39 is 5.41 Å². The topological polar surface area (TPSA) is 13.0 Å². The SMILES string of the molecule is C=C(/C=C\C1=C(C)C2(c3cc(N(c4cccc(C)c4)c4cccc(C)c4)ccc31)c1cc(N(c3cccc(C)c3)c3cccc(C)c3)ccc1-c1ccc(N(c3cccc(C)c3)c3cccc(C)c3)cc12)N(c1cccc(C)c1)c1cccc(C)c1. The molecule has 0 N–H and O–H groups in total. The van der Waals surface area contributed by atoms with Gasteiger partial charge in [0.05, 0.1) is 5.41 Å². The van der Waals surface area contributed by atoms with Crippen LogP contribution in [0.15, 0.2) is 279 Å². The normalized spacial score (nSPS) is 12.8. The minimum Gasteiger partial charge on any atom is -0.311 e. The molecule has 0 amide bonds. The summed E-state index contributed by atoms with van der Waals surface area (Å²) in [6, 6.07) is 92.6. The summed E-state index contributed by atoms with van der Waals surface area (Å²) < 4.78 is 0. The Morgan fingerprint density at radius 2 is 0.535 bits per heavy atom. The first kappa shape index (κ1) is 55.1. The first-order chi connectivity index (χ1) is 41.7. The molecule has 0 radical (unpaired) electrons. The van der Waals surface area contributed by atoms with E-state index in [0.717, 1.165) is 73.8 Å². The molecule has 0 bridgehead atoms. The lowest BCUT2D eigenvalue weighted by molar-refractivity contribution is 0.766. The fourth-order valence-corrected chi connectivity index (χ4v) is 13.5. The number of nitrogens with zero attached hydrogens (tertiary/aromatic N) is 4. The molecule has 11 aromatic rings. The van der Waals surface area contributed by atoms with E-state index in [1.54, 1.807) is 0 Å². The van der Waals surface area contributed by atoms with Crippen molar-refractivity contribution >= 4 is 68.1 Å². The third-order valence-corrected chi connectivity index (χ3v) is 17.4. The van der Waals surface area contributed by atoms with Crippen LogP contribution in [0.4, 0.5) is 62.6 Å². The number of anilines is 11. The minimum absolute atomic E-state index is 0.795. The minimum atomic E-state index is -0.795. The molecule has 0 fully saturated rings. The Labute approximate surface area is 509 Å². The van der Waals surface area contributed by atoms with Crippen LogP contribution in [0.1, 0.15) is 73.7 Å². The van der Waals surface area contributed by atoms with Crippen LogP contribution in [0.3, 0.4) is 0 Å². The molecule has 0 aliphatic heterocycles. The van der Waals surface area contributed by atoms with Gasteiger partial charge in [0.1, 0.15) is 0 Å². The third-order valence-electron chi connectivity index (χ3n) is 17.4. The van der Waals surface area contributed by atoms with Gasteiger partial charge < -0.3 is 19.6 Å². The number of allylic oxidation sites excluding steroid dienone is 4. The largest absolute Gasteiger partial charge is 0.311 e. The summed E-state index contributed by atoms with van der Waals surface area (Å²) in [6.07, 6.45) is 4.59. The van der Waals surface area contributed by atoms with Crippen LogP contribution in [-0.4, -0.2) is 0 Å². The third kappa shape index (κ3) is 10.0. The van der Waals surface area contributed by atoms with E-state index >= 15 is 0 Å². The van der Waals surface area contributed by atoms with Crippen LogP contribution in [0.5, 0.6) is 0 Å². The fourth-order valence-electron chi connectivity index (χ4n) is 13.5. The molecular weight excluding hydrogens is 1040 g/mol. The zero-order valence-corrected chi connectivity index (χ0v) is 50.8. The zero-order valence-electron chi connectivity index (χ0n) is 50.8. The molecule has 0 saturated carbocycles. The molecule has 0 saturated heterocycles. The fraction of sp³-hybridized carbons (Fsp3) is 0.122. The van der Waals surface area contributed by atoms with Crippen LogP contribution >= 0.6 is 0 Å². The van der Waals surface area contributed by atoms with Crippen molar-refractivity contribution in [1.29, 1.82) is 0 Å². The quantitative estimate of drug-likeness (QED) is 0.101. The van der Waals surface area contributed by atoms with Gasteiger partial charge in [0.25, 0.3) is 0 Å². The van der Waals surface area contributed by atoms with Crippen molar-refractivity contribution in [2.45, 2.75) is 67.7 Å². The lowest BCUT2D eigenvalue weighted by atomic mass is 9.69. The number of rotatable bonds is 14. The number of fused-ring (bicyclic) bond motifs is 7. The van der Waals surface area contributed by atoms with Gasteiger partial charge in [0.2, 0.25) is 0 Å². The predicted molar refractivity (Wildman–Crippen MR) is 366 cm³/mol. The molecule has 0 heterocycles. The van der Waals surface area contributed by atoms with E-state index in [0.29, 0.717) is 0 Å². The van der Waals surface area contributed by atoms with Crippen LogP contribution in [-0.2, 0) is 5.41 Å². The molecule has 420 valence electrons. The Hall–Kier alpha value is -10.2. The van der Waals surface area contributed by atoms with E-state index in [2.05, 4.69) is 343 Å². The maximum atomic E-state index is 4.89. The highest BCUT2D eigenvalue weighted by Gasteiger charge is 2.52. The van der Waals surface area contributed by atoms with Crippen molar-refractivity contribution in [3.8, 4) is 11.1 Å². The molecule has 4 nitrogen and oxygen atoms in total. The van der Waals surface area contributed by atoms with E-state index in [1.807, 2.05) is 0 Å². The van der Waals surface area contributed by atoms with E-state index in [9.17, 15) is 0 Å². The van der Waals surface area contributed by atoms with Gasteiger partial charge in [-0.25, -0.2) is 0 Å². The van der Waals surface area contributed by atoms with E-state index in [4.69, 9.17) is 6.58 Å². The monoisotopic (exact) mass is 1110 g/mol. The summed E-state index contributed by atoms with van der Waals surface area (Å²) in [5.41, 5.74) is 31.4. The van der Waals surface area contributed by atoms with Crippen molar-refractivity contribution in [3.05, 3.63) is 345 Å². The molecule has 0 unspecified atom stereocenters. The highest BCUT2D eigenvalue weighted by molar-refractivity contribution is 6.00. The number of hydrogen-bond donors (Lipinski definition) is 0. The summed E-state index contributed by atoms with van der Waals surface area (Å²) in [6.45, 7) is 24.7. The lowest BCUT2D eigenvalue weighted by Crippen LogP contribution is -2.27. The lowest BCUT2D eigenvalue weighted by Gasteiger charge is -2.35. The van der Waals surface area contributed by atoms with Crippen LogP contribution < -0.4 is 19.6 Å². The summed E-state index contributed by atoms with van der Waals surface area (Å²) >= 11 is 0. The molecule has 11 aromatic carbocycles. The number of hydrogen-bond acceptors (Lipinski definition) is 4. The molecule has 2 aliphatic rings. The summed E-state index contributed by atoms with van der Waals surface area (Å²) in [7, 11) is 0. The molecule has 0 atom stereocenters. The van der Waals surface area contributed by atoms with Crippen LogP contribution in [0.25, 0.3) is 16.7 Å². The van der Waals surface area contributed by atoms with Crippen LogP contribution in [0.2, 0.25) is 0 Å². The average Bonchev–Trinajstić information content (AvgIpc) is 1.51. The Balaban J connectivity index is 1.12. The van der Waals surface area contributed by atoms with Gasteiger partial charge >= 0.3 is 0 Å². The van der Waals surface area contributed by atoms with Gasteiger partial charge in [-0.2, -0.15) is 0 Å². The van der Waals surface area contributed by atoms with Gasteiger partial charge in [0.15, 0.2) is 0 Å². The molecular formula is C82H72N4. The molecule has 1 spiro atoms. The van der Waals surface area contributed by atoms with Crippen molar-refractivity contribution in [2.75, 3.05) is 19.6 Å². The van der Waals surface area contributed by atoms with Crippen molar-refractivity contribution < 1.29 is 0 Å². The van der Waals surface area contributed by atoms with Crippen molar-refractivity contribution in [1.82, 2.24) is 0 Å². The standard InChI is InChI=1S/C82H72N4/c1-54-19-11-27-64(43-54)83(65-28-12-20-55(2)44-65)62(9)35-39-75-63(10)82(79-51-72(36-40-76(75)79)84(66-29-13-21-56(3)45-66)67-30-14-22-57(4)46-67)80-52-73(85(68-31-15-23-58(5)47-68)69-32-16-24-59(6)48-69)37-41-77(80)78-42-38-74(53-81(78)82)86(70-33-17-25-60(7)49-70)71-34-18-26-61(8)50-71/h11-53H,9H2,1-8,10H3/b39-35-. The van der Waals surface area contributed by atoms with Crippen molar-refractivity contribution in [3.63, 3.8) is 0 Å².